The van der Waals surface area contributed by atoms with Gasteiger partial charge in [0, 0.05) is 56.1 Å². The van der Waals surface area contributed by atoms with E-state index in [4.69, 9.17) is 0 Å². The minimum Gasteiger partial charge on any atom is -0.348 e. The largest absolute Gasteiger partial charge is 0.348 e. The maximum atomic E-state index is 12.6. The van der Waals surface area contributed by atoms with Crippen molar-refractivity contribution in [3.63, 3.8) is 0 Å². The van der Waals surface area contributed by atoms with Crippen LogP contribution in [0.1, 0.15) is 31.8 Å². The van der Waals surface area contributed by atoms with E-state index in [9.17, 15) is 9.59 Å². The van der Waals surface area contributed by atoms with Crippen molar-refractivity contribution < 1.29 is 9.59 Å². The first-order chi connectivity index (χ1) is 16.1. The second-order valence-electron chi connectivity index (χ2n) is 8.48. The number of carbonyl (C=O) groups excluding carboxylic acids is 2. The fourth-order valence-corrected chi connectivity index (χ4v) is 3.88. The second kappa shape index (κ2) is 10.9. The summed E-state index contributed by atoms with van der Waals surface area (Å²) in [5, 5.41) is 5.84. The molecule has 1 heterocycles. The Kier molecular flexibility index (Phi) is 7.50. The van der Waals surface area contributed by atoms with Gasteiger partial charge < -0.3 is 15.5 Å². The fourth-order valence-electron chi connectivity index (χ4n) is 3.88. The van der Waals surface area contributed by atoms with Gasteiger partial charge >= 0.3 is 0 Å². The van der Waals surface area contributed by atoms with E-state index in [2.05, 4.69) is 45.7 Å². The zero-order chi connectivity index (χ0) is 23.0. The summed E-state index contributed by atoms with van der Waals surface area (Å²) in [5.74, 6) is -0.315. The van der Waals surface area contributed by atoms with Gasteiger partial charge in [0.25, 0.3) is 11.8 Å². The van der Waals surface area contributed by atoms with Crippen molar-refractivity contribution in [3.8, 4) is 0 Å². The van der Waals surface area contributed by atoms with Crippen molar-refractivity contribution >= 4 is 17.5 Å². The molecule has 0 aliphatic carbocycles. The van der Waals surface area contributed by atoms with E-state index >= 15 is 0 Å². The summed E-state index contributed by atoms with van der Waals surface area (Å²) in [7, 11) is 2.16. The molecule has 0 aromatic heterocycles. The zero-order valence-corrected chi connectivity index (χ0v) is 19.0. The standard InChI is InChI=1S/C27H30N4O2/c1-30-14-16-31(17-15-30)20-22-7-5-6-21(18-22)19-28-26(32)24-10-12-25(13-11-24)29-27(33)23-8-3-2-4-9-23/h2-13,18H,14-17,19-20H2,1H3,(H,28,32)(H,29,33). The Hall–Kier alpha value is -3.48. The van der Waals surface area contributed by atoms with Crippen molar-refractivity contribution in [2.75, 3.05) is 38.5 Å². The van der Waals surface area contributed by atoms with Crippen LogP contribution in [0.3, 0.4) is 0 Å². The maximum absolute atomic E-state index is 12.6. The van der Waals surface area contributed by atoms with Gasteiger partial charge in [-0.05, 0) is 54.6 Å². The third kappa shape index (κ3) is 6.51. The molecule has 0 radical (unpaired) electrons. The highest BCUT2D eigenvalue weighted by Crippen LogP contribution is 2.13. The average molecular weight is 443 g/mol. The van der Waals surface area contributed by atoms with Gasteiger partial charge in [-0.25, -0.2) is 0 Å². The van der Waals surface area contributed by atoms with E-state index in [-0.39, 0.29) is 11.8 Å². The van der Waals surface area contributed by atoms with E-state index < -0.39 is 0 Å². The number of likely N-dealkylation sites (N-methyl/N-ethyl adjacent to an activating group) is 1. The molecule has 6 heteroatoms. The molecule has 0 unspecified atom stereocenters. The molecule has 1 fully saturated rings. The normalized spacial score (nSPS) is 14.6. The van der Waals surface area contributed by atoms with Crippen LogP contribution in [-0.4, -0.2) is 54.8 Å². The number of carbonyl (C=O) groups is 2. The fraction of sp³-hybridized carbons (Fsp3) is 0.259. The number of anilines is 1. The number of benzene rings is 3. The molecule has 6 nitrogen and oxygen atoms in total. The summed E-state index contributed by atoms with van der Waals surface area (Å²) in [5.41, 5.74) is 4.15. The molecular formula is C27H30N4O2. The molecule has 1 saturated heterocycles. The average Bonchev–Trinajstić information content (AvgIpc) is 2.85. The molecule has 2 N–H and O–H groups in total. The number of piperazine rings is 1. The van der Waals surface area contributed by atoms with Gasteiger partial charge in [-0.1, -0.05) is 42.5 Å². The Morgan fingerprint density at radius 3 is 2.15 bits per heavy atom. The van der Waals surface area contributed by atoms with Crippen LogP contribution in [-0.2, 0) is 13.1 Å². The third-order valence-corrected chi connectivity index (χ3v) is 5.89. The smallest absolute Gasteiger partial charge is 0.255 e. The van der Waals surface area contributed by atoms with Gasteiger partial charge in [0.15, 0.2) is 0 Å². The Labute approximate surface area is 195 Å². The highest BCUT2D eigenvalue weighted by Gasteiger charge is 2.14. The summed E-state index contributed by atoms with van der Waals surface area (Å²) >= 11 is 0. The first kappa shape index (κ1) is 22.7. The molecule has 0 saturated carbocycles. The van der Waals surface area contributed by atoms with Gasteiger partial charge in [-0.3, -0.25) is 14.5 Å². The van der Waals surface area contributed by atoms with E-state index in [1.165, 1.54) is 5.56 Å². The molecule has 3 aromatic rings. The van der Waals surface area contributed by atoms with Gasteiger partial charge in [0.1, 0.15) is 0 Å². The highest BCUT2D eigenvalue weighted by atomic mass is 16.2. The lowest BCUT2D eigenvalue weighted by Gasteiger charge is -2.32. The number of nitrogens with zero attached hydrogens (tertiary/aromatic N) is 2. The predicted molar refractivity (Wildman–Crippen MR) is 131 cm³/mol. The number of hydrogen-bond acceptors (Lipinski definition) is 4. The molecule has 4 rings (SSSR count). The molecule has 3 aromatic carbocycles. The van der Waals surface area contributed by atoms with Gasteiger partial charge in [-0.2, -0.15) is 0 Å². The van der Waals surface area contributed by atoms with E-state index in [1.54, 1.807) is 36.4 Å². The lowest BCUT2D eigenvalue weighted by Crippen LogP contribution is -2.43. The minimum absolute atomic E-state index is 0.139. The molecule has 0 atom stereocenters. The van der Waals surface area contributed by atoms with Crippen LogP contribution < -0.4 is 10.6 Å². The van der Waals surface area contributed by atoms with Crippen LogP contribution >= 0.6 is 0 Å². The zero-order valence-electron chi connectivity index (χ0n) is 19.0. The molecule has 0 bridgehead atoms. The summed E-state index contributed by atoms with van der Waals surface area (Å²) in [6, 6.07) is 24.4. The summed E-state index contributed by atoms with van der Waals surface area (Å²) in [6.07, 6.45) is 0. The van der Waals surface area contributed by atoms with Crippen LogP contribution in [0.5, 0.6) is 0 Å². The molecule has 0 spiro atoms. The topological polar surface area (TPSA) is 64.7 Å². The van der Waals surface area contributed by atoms with Crippen LogP contribution in [0.25, 0.3) is 0 Å². The van der Waals surface area contributed by atoms with Crippen LogP contribution in [0, 0.1) is 0 Å². The second-order valence-corrected chi connectivity index (χ2v) is 8.48. The van der Waals surface area contributed by atoms with Crippen LogP contribution in [0.15, 0.2) is 78.9 Å². The molecule has 33 heavy (non-hydrogen) atoms. The molecule has 2 amide bonds. The number of hydrogen-bond donors (Lipinski definition) is 2. The quantitative estimate of drug-likeness (QED) is 0.587. The summed E-state index contributed by atoms with van der Waals surface area (Å²) < 4.78 is 0. The van der Waals surface area contributed by atoms with Crippen molar-refractivity contribution in [3.05, 3.63) is 101 Å². The number of amides is 2. The Morgan fingerprint density at radius 2 is 1.42 bits per heavy atom. The lowest BCUT2D eigenvalue weighted by atomic mass is 10.1. The Morgan fingerprint density at radius 1 is 0.758 bits per heavy atom. The van der Waals surface area contributed by atoms with Crippen molar-refractivity contribution in [2.45, 2.75) is 13.1 Å². The van der Waals surface area contributed by atoms with Crippen LogP contribution in [0.2, 0.25) is 0 Å². The van der Waals surface area contributed by atoms with E-state index in [1.807, 2.05) is 24.3 Å². The van der Waals surface area contributed by atoms with Crippen molar-refractivity contribution in [1.29, 1.82) is 0 Å². The summed E-state index contributed by atoms with van der Waals surface area (Å²) in [4.78, 5) is 29.7. The van der Waals surface area contributed by atoms with Gasteiger partial charge in [0.2, 0.25) is 0 Å². The Bertz CT molecular complexity index is 1070. The first-order valence-electron chi connectivity index (χ1n) is 11.3. The lowest BCUT2D eigenvalue weighted by molar-refractivity contribution is 0.0950. The number of nitrogens with one attached hydrogen (secondary N) is 2. The predicted octanol–water partition coefficient (Wildman–Crippen LogP) is 3.62. The first-order valence-corrected chi connectivity index (χ1v) is 11.3. The van der Waals surface area contributed by atoms with Gasteiger partial charge in [-0.15, -0.1) is 0 Å². The highest BCUT2D eigenvalue weighted by molar-refractivity contribution is 6.04. The third-order valence-electron chi connectivity index (χ3n) is 5.89. The molecule has 1 aliphatic rings. The van der Waals surface area contributed by atoms with Crippen molar-refractivity contribution in [1.82, 2.24) is 15.1 Å². The van der Waals surface area contributed by atoms with E-state index in [0.717, 1.165) is 38.3 Å². The molecule has 170 valence electrons. The van der Waals surface area contributed by atoms with Crippen molar-refractivity contribution in [2.24, 2.45) is 0 Å². The summed E-state index contributed by atoms with van der Waals surface area (Å²) in [6.45, 7) is 5.78. The molecule has 1 aliphatic heterocycles. The SMILES string of the molecule is CN1CCN(Cc2cccc(CNC(=O)c3ccc(NC(=O)c4ccccc4)cc3)c2)CC1. The van der Waals surface area contributed by atoms with Crippen LogP contribution in [0.4, 0.5) is 5.69 Å². The minimum atomic E-state index is -0.177. The Balaban J connectivity index is 1.28. The number of rotatable bonds is 7. The maximum Gasteiger partial charge on any atom is 0.255 e. The monoisotopic (exact) mass is 442 g/mol. The molecular weight excluding hydrogens is 412 g/mol. The van der Waals surface area contributed by atoms with Gasteiger partial charge in [0.05, 0.1) is 0 Å². The van der Waals surface area contributed by atoms with E-state index in [0.29, 0.717) is 23.4 Å².